The van der Waals surface area contributed by atoms with E-state index in [4.69, 9.17) is 4.74 Å². The maximum Gasteiger partial charge on any atom is 0.392 e. The van der Waals surface area contributed by atoms with Crippen LogP contribution in [0.15, 0.2) is 53.6 Å². The lowest BCUT2D eigenvalue weighted by Gasteiger charge is -2.29. The zero-order valence-electron chi connectivity index (χ0n) is 19.2. The summed E-state index contributed by atoms with van der Waals surface area (Å²) in [5, 5.41) is 11.5. The van der Waals surface area contributed by atoms with Gasteiger partial charge in [-0.05, 0) is 37.8 Å². The molecule has 1 amide bonds. The fraction of sp³-hybridized carbons (Fsp3) is 0.360. The molecule has 11 heteroatoms. The molecule has 1 aromatic carbocycles. The number of rotatable bonds is 6. The van der Waals surface area contributed by atoms with Crippen molar-refractivity contribution >= 4 is 22.3 Å². The van der Waals surface area contributed by atoms with E-state index < -0.39 is 19.2 Å². The van der Waals surface area contributed by atoms with Crippen LogP contribution < -0.4 is 15.6 Å². The van der Waals surface area contributed by atoms with Gasteiger partial charge in [-0.15, -0.1) is 0 Å². The Balaban J connectivity index is 1.21. The highest BCUT2D eigenvalue weighted by atomic mass is 19.4. The Kier molecular flexibility index (Phi) is 6.38. The van der Waals surface area contributed by atoms with Gasteiger partial charge in [-0.2, -0.15) is 18.3 Å². The molecule has 1 fully saturated rings. The third kappa shape index (κ3) is 5.05. The molecular formula is C25H24F3N5O3. The summed E-state index contributed by atoms with van der Waals surface area (Å²) in [6.45, 7) is -0.485. The van der Waals surface area contributed by atoms with E-state index in [1.54, 1.807) is 16.7 Å². The predicted octanol–water partition coefficient (Wildman–Crippen LogP) is 4.36. The largest absolute Gasteiger partial charge is 0.493 e. The highest BCUT2D eigenvalue weighted by Crippen LogP contribution is 2.34. The van der Waals surface area contributed by atoms with Crippen molar-refractivity contribution in [2.24, 2.45) is 0 Å². The van der Waals surface area contributed by atoms with Gasteiger partial charge in [0.2, 0.25) is 0 Å². The lowest BCUT2D eigenvalue weighted by atomic mass is 9.82. The zero-order chi connectivity index (χ0) is 25.3. The van der Waals surface area contributed by atoms with E-state index in [0.29, 0.717) is 16.7 Å². The van der Waals surface area contributed by atoms with Gasteiger partial charge in [-0.25, -0.2) is 10.1 Å². The van der Waals surface area contributed by atoms with Crippen molar-refractivity contribution < 1.29 is 22.7 Å². The quantitative estimate of drug-likeness (QED) is 0.411. The number of benzene rings is 1. The van der Waals surface area contributed by atoms with Crippen molar-refractivity contribution in [2.75, 3.05) is 6.61 Å². The second-order valence-electron chi connectivity index (χ2n) is 8.95. The molecule has 0 spiro atoms. The van der Waals surface area contributed by atoms with Gasteiger partial charge in [0.1, 0.15) is 17.1 Å². The van der Waals surface area contributed by atoms with Gasteiger partial charge in [0.15, 0.2) is 0 Å². The number of aromatic nitrogens is 4. The van der Waals surface area contributed by atoms with Crippen LogP contribution in [-0.2, 0) is 0 Å². The Morgan fingerprint density at radius 2 is 1.89 bits per heavy atom. The van der Waals surface area contributed by atoms with E-state index in [1.165, 1.54) is 18.3 Å². The average molecular weight is 499 g/mol. The van der Waals surface area contributed by atoms with Crippen molar-refractivity contribution in [2.45, 2.75) is 50.2 Å². The number of hydrogen-bond acceptors (Lipinski definition) is 5. The van der Waals surface area contributed by atoms with E-state index >= 15 is 0 Å². The number of halogens is 3. The number of alkyl halides is 3. The molecule has 0 radical (unpaired) electrons. The molecule has 0 aliphatic heterocycles. The number of imidazole rings is 1. The number of fused-ring (bicyclic) bond motifs is 2. The number of nitrogens with one attached hydrogen (secondary N) is 2. The molecule has 5 rings (SSSR count). The Morgan fingerprint density at radius 3 is 2.64 bits per heavy atom. The van der Waals surface area contributed by atoms with Gasteiger partial charge < -0.3 is 10.1 Å². The summed E-state index contributed by atoms with van der Waals surface area (Å²) < 4.78 is 43.7. The number of ether oxygens (including phenoxy) is 1. The minimum atomic E-state index is -4.29. The molecule has 8 nitrogen and oxygen atoms in total. The second-order valence-corrected chi connectivity index (χ2v) is 8.95. The number of nitrogens with zero attached hydrogens (tertiary/aromatic N) is 3. The fourth-order valence-electron chi connectivity index (χ4n) is 4.72. The number of amides is 1. The second kappa shape index (κ2) is 9.63. The lowest BCUT2D eigenvalue weighted by molar-refractivity contribution is -0.139. The van der Waals surface area contributed by atoms with Crippen LogP contribution in [0.25, 0.3) is 16.4 Å². The minimum Gasteiger partial charge on any atom is -0.493 e. The monoisotopic (exact) mass is 499 g/mol. The summed E-state index contributed by atoms with van der Waals surface area (Å²) in [5.74, 6) is 0.168. The lowest BCUT2D eigenvalue weighted by Crippen LogP contribution is -2.38. The van der Waals surface area contributed by atoms with E-state index in [1.807, 2.05) is 18.2 Å². The van der Waals surface area contributed by atoms with Gasteiger partial charge >= 0.3 is 6.18 Å². The number of H-pyrrole nitrogens is 1. The SMILES string of the molecule is O=C(N[C@H]1CC[C@H](c2n[nH]c(=O)c3ccccc32)CC1)c1cnc2cc(OCCC(F)(F)F)ccn12. The van der Waals surface area contributed by atoms with E-state index in [9.17, 15) is 22.8 Å². The van der Waals surface area contributed by atoms with Crippen molar-refractivity contribution in [1.29, 1.82) is 0 Å². The molecule has 36 heavy (non-hydrogen) atoms. The first kappa shape index (κ1) is 23.8. The van der Waals surface area contributed by atoms with Crippen LogP contribution >= 0.6 is 0 Å². The van der Waals surface area contributed by atoms with E-state index in [-0.39, 0.29) is 29.2 Å². The number of aromatic amines is 1. The molecule has 1 aliphatic rings. The minimum absolute atomic E-state index is 0.0155. The van der Waals surface area contributed by atoms with Crippen molar-refractivity contribution in [3.05, 3.63) is 70.5 Å². The van der Waals surface area contributed by atoms with E-state index in [0.717, 1.165) is 36.8 Å². The first-order valence-corrected chi connectivity index (χ1v) is 11.7. The third-order valence-electron chi connectivity index (χ3n) is 6.55. The summed E-state index contributed by atoms with van der Waals surface area (Å²) in [7, 11) is 0. The number of carbonyl (C=O) groups is 1. The standard InChI is InChI=1S/C25H24F3N5O3/c26-25(27,28)10-12-36-17-9-11-33-20(14-29-21(33)13-17)24(35)30-16-7-5-15(6-8-16)22-18-3-1-2-4-19(18)23(34)32-31-22/h1-4,9,11,13-16H,5-8,10,12H2,(H,30,35)(H,32,34)/t15-,16-. The molecule has 4 aromatic rings. The van der Waals surface area contributed by atoms with Gasteiger partial charge in [-0.1, -0.05) is 18.2 Å². The topological polar surface area (TPSA) is 101 Å². The van der Waals surface area contributed by atoms with Crippen LogP contribution in [0.2, 0.25) is 0 Å². The van der Waals surface area contributed by atoms with E-state index in [2.05, 4.69) is 20.5 Å². The van der Waals surface area contributed by atoms with Crippen LogP contribution in [-0.4, -0.2) is 44.3 Å². The maximum absolute atomic E-state index is 12.9. The first-order chi connectivity index (χ1) is 17.3. The van der Waals surface area contributed by atoms with Crippen LogP contribution in [0.3, 0.4) is 0 Å². The third-order valence-corrected chi connectivity index (χ3v) is 6.55. The Morgan fingerprint density at radius 1 is 1.14 bits per heavy atom. The highest BCUT2D eigenvalue weighted by Gasteiger charge is 2.28. The van der Waals surface area contributed by atoms with Crippen LogP contribution in [0.1, 0.15) is 54.2 Å². The molecule has 1 saturated carbocycles. The molecule has 0 unspecified atom stereocenters. The van der Waals surface area contributed by atoms with Gasteiger partial charge in [0.25, 0.3) is 11.5 Å². The Hall–Kier alpha value is -3.89. The highest BCUT2D eigenvalue weighted by molar-refractivity contribution is 5.93. The molecule has 188 valence electrons. The van der Waals surface area contributed by atoms with Crippen molar-refractivity contribution in [3.63, 3.8) is 0 Å². The molecule has 3 heterocycles. The van der Waals surface area contributed by atoms with Gasteiger partial charge in [-0.3, -0.25) is 14.0 Å². The Labute approximate surface area is 203 Å². The number of hydrogen-bond donors (Lipinski definition) is 2. The maximum atomic E-state index is 12.9. The van der Waals surface area contributed by atoms with Crippen molar-refractivity contribution in [1.82, 2.24) is 24.9 Å². The molecular weight excluding hydrogens is 475 g/mol. The smallest absolute Gasteiger partial charge is 0.392 e. The fourth-order valence-corrected chi connectivity index (χ4v) is 4.72. The van der Waals surface area contributed by atoms with Crippen molar-refractivity contribution in [3.8, 4) is 5.75 Å². The van der Waals surface area contributed by atoms with Gasteiger partial charge in [0.05, 0.1) is 30.3 Å². The zero-order valence-corrected chi connectivity index (χ0v) is 19.2. The van der Waals surface area contributed by atoms with Crippen LogP contribution in [0.5, 0.6) is 5.75 Å². The molecule has 2 N–H and O–H groups in total. The molecule has 3 aromatic heterocycles. The predicted molar refractivity (Wildman–Crippen MR) is 126 cm³/mol. The molecule has 0 bridgehead atoms. The Bertz CT molecular complexity index is 1450. The van der Waals surface area contributed by atoms with Crippen LogP contribution in [0, 0.1) is 0 Å². The summed E-state index contributed by atoms with van der Waals surface area (Å²) in [6, 6.07) is 10.4. The molecule has 0 atom stereocenters. The molecule has 1 aliphatic carbocycles. The normalized spacial score (nSPS) is 18.4. The average Bonchev–Trinajstić information content (AvgIpc) is 3.28. The number of pyridine rings is 1. The summed E-state index contributed by atoms with van der Waals surface area (Å²) in [5.41, 5.74) is 1.42. The molecule has 0 saturated heterocycles. The van der Waals surface area contributed by atoms with Crippen LogP contribution in [0.4, 0.5) is 13.2 Å². The van der Waals surface area contributed by atoms with Gasteiger partial charge in [0, 0.05) is 29.6 Å². The number of carbonyl (C=O) groups excluding carboxylic acids is 1. The first-order valence-electron chi connectivity index (χ1n) is 11.7. The summed E-state index contributed by atoms with van der Waals surface area (Å²) >= 11 is 0. The summed E-state index contributed by atoms with van der Waals surface area (Å²) in [6.07, 6.45) is 0.831. The summed E-state index contributed by atoms with van der Waals surface area (Å²) in [4.78, 5) is 29.2.